The third kappa shape index (κ3) is 4.53. The van der Waals surface area contributed by atoms with Gasteiger partial charge in [-0.1, -0.05) is 29.8 Å². The van der Waals surface area contributed by atoms with E-state index in [2.05, 4.69) is 4.72 Å². The fourth-order valence-corrected chi connectivity index (χ4v) is 3.45. The maximum atomic E-state index is 13.8. The Labute approximate surface area is 145 Å². The molecule has 0 saturated heterocycles. The van der Waals surface area contributed by atoms with Crippen LogP contribution >= 0.6 is 11.6 Å². The molecule has 128 valence electrons. The van der Waals surface area contributed by atoms with E-state index in [-0.39, 0.29) is 29.6 Å². The highest BCUT2D eigenvalue weighted by Crippen LogP contribution is 2.19. The van der Waals surface area contributed by atoms with Crippen molar-refractivity contribution in [2.24, 2.45) is 0 Å². The fourth-order valence-electron chi connectivity index (χ4n) is 2.13. The molecule has 0 atom stereocenters. The summed E-state index contributed by atoms with van der Waals surface area (Å²) >= 11 is 5.79. The number of nitrogens with one attached hydrogen (secondary N) is 1. The molecule has 0 aliphatic heterocycles. The lowest BCUT2D eigenvalue weighted by molar-refractivity contribution is -0.116. The molecule has 2 aromatic carbocycles. The molecule has 24 heavy (non-hydrogen) atoms. The van der Waals surface area contributed by atoms with Crippen LogP contribution in [0.1, 0.15) is 6.92 Å². The zero-order valence-electron chi connectivity index (χ0n) is 12.9. The molecule has 5 nitrogen and oxygen atoms in total. The molecule has 0 aliphatic carbocycles. The summed E-state index contributed by atoms with van der Waals surface area (Å²) in [5.74, 6) is -0.938. The standard InChI is InChI=1S/C16H16ClFN2O3S/c1-12(21)20(16-8-3-2-7-15(16)18)10-9-19-24(22,23)14-6-4-5-13(17)11-14/h2-8,11,19H,9-10H2,1H3. The van der Waals surface area contributed by atoms with Crippen LogP contribution in [0.2, 0.25) is 5.02 Å². The minimum absolute atomic E-state index is 0.00391. The number of nitrogens with zero attached hydrogens (tertiary/aromatic N) is 1. The number of hydrogen-bond acceptors (Lipinski definition) is 3. The van der Waals surface area contributed by atoms with Crippen molar-refractivity contribution in [1.82, 2.24) is 4.72 Å². The van der Waals surface area contributed by atoms with Crippen LogP contribution in [0.15, 0.2) is 53.4 Å². The Morgan fingerprint density at radius 2 is 1.92 bits per heavy atom. The molecule has 1 N–H and O–H groups in total. The summed E-state index contributed by atoms with van der Waals surface area (Å²) in [4.78, 5) is 12.9. The Kier molecular flexibility index (Phi) is 5.93. The van der Waals surface area contributed by atoms with Crippen LogP contribution in [-0.4, -0.2) is 27.4 Å². The Balaban J connectivity index is 2.08. The van der Waals surface area contributed by atoms with Crippen LogP contribution in [0.25, 0.3) is 0 Å². The maximum absolute atomic E-state index is 13.8. The van der Waals surface area contributed by atoms with E-state index in [9.17, 15) is 17.6 Å². The van der Waals surface area contributed by atoms with E-state index in [4.69, 9.17) is 11.6 Å². The van der Waals surface area contributed by atoms with Gasteiger partial charge in [-0.15, -0.1) is 0 Å². The molecule has 0 bridgehead atoms. The summed E-state index contributed by atoms with van der Waals surface area (Å²) in [7, 11) is -3.76. The SMILES string of the molecule is CC(=O)N(CCNS(=O)(=O)c1cccc(Cl)c1)c1ccccc1F. The number of hydrogen-bond donors (Lipinski definition) is 1. The molecule has 8 heteroatoms. The van der Waals surface area contributed by atoms with Crippen LogP contribution < -0.4 is 9.62 Å². The topological polar surface area (TPSA) is 66.5 Å². The second-order valence-corrected chi connectivity index (χ2v) is 7.18. The van der Waals surface area contributed by atoms with Gasteiger partial charge < -0.3 is 4.90 Å². The van der Waals surface area contributed by atoms with Gasteiger partial charge in [-0.3, -0.25) is 4.79 Å². The van der Waals surface area contributed by atoms with Gasteiger partial charge in [0.05, 0.1) is 10.6 Å². The molecular formula is C16H16ClFN2O3S. The number of halogens is 2. The van der Waals surface area contributed by atoms with Gasteiger partial charge in [-0.2, -0.15) is 0 Å². The molecule has 1 amide bonds. The molecular weight excluding hydrogens is 355 g/mol. The zero-order valence-corrected chi connectivity index (χ0v) is 14.4. The first-order valence-corrected chi connectivity index (χ1v) is 8.95. The van der Waals surface area contributed by atoms with E-state index in [1.807, 2.05) is 0 Å². The summed E-state index contributed by atoms with van der Waals surface area (Å²) in [6.07, 6.45) is 0. The average molecular weight is 371 g/mol. The van der Waals surface area contributed by atoms with Gasteiger partial charge >= 0.3 is 0 Å². The summed E-state index contributed by atoms with van der Waals surface area (Å²) in [6, 6.07) is 11.6. The number of carbonyl (C=O) groups is 1. The second kappa shape index (κ2) is 7.74. The highest BCUT2D eigenvalue weighted by molar-refractivity contribution is 7.89. The Morgan fingerprint density at radius 3 is 2.54 bits per heavy atom. The van der Waals surface area contributed by atoms with Gasteiger partial charge in [0.15, 0.2) is 0 Å². The smallest absolute Gasteiger partial charge is 0.240 e. The Bertz CT molecular complexity index is 843. The Morgan fingerprint density at radius 1 is 1.21 bits per heavy atom. The number of rotatable bonds is 6. The summed E-state index contributed by atoms with van der Waals surface area (Å²) in [5, 5.41) is 0.301. The largest absolute Gasteiger partial charge is 0.309 e. The van der Waals surface area contributed by atoms with Gasteiger partial charge in [-0.05, 0) is 30.3 Å². The van der Waals surface area contributed by atoms with Crippen molar-refractivity contribution in [1.29, 1.82) is 0 Å². The van der Waals surface area contributed by atoms with E-state index >= 15 is 0 Å². The third-order valence-electron chi connectivity index (χ3n) is 3.26. The Hall–Kier alpha value is -1.96. The van der Waals surface area contributed by atoms with Crippen molar-refractivity contribution in [3.05, 3.63) is 59.4 Å². The lowest BCUT2D eigenvalue weighted by Crippen LogP contribution is -2.38. The van der Waals surface area contributed by atoms with Gasteiger partial charge in [0.1, 0.15) is 5.82 Å². The molecule has 2 aromatic rings. The normalized spacial score (nSPS) is 11.3. The van der Waals surface area contributed by atoms with Crippen molar-refractivity contribution in [3.63, 3.8) is 0 Å². The number of benzene rings is 2. The highest BCUT2D eigenvalue weighted by Gasteiger charge is 2.18. The molecule has 0 radical (unpaired) electrons. The second-order valence-electron chi connectivity index (χ2n) is 4.98. The molecule has 0 unspecified atom stereocenters. The van der Waals surface area contributed by atoms with Crippen molar-refractivity contribution < 1.29 is 17.6 Å². The van der Waals surface area contributed by atoms with Crippen LogP contribution in [-0.2, 0) is 14.8 Å². The van der Waals surface area contributed by atoms with Gasteiger partial charge in [-0.25, -0.2) is 17.5 Å². The minimum Gasteiger partial charge on any atom is -0.309 e. The van der Waals surface area contributed by atoms with Gasteiger partial charge in [0.25, 0.3) is 0 Å². The first-order valence-electron chi connectivity index (χ1n) is 7.09. The molecule has 0 heterocycles. The van der Waals surface area contributed by atoms with Crippen molar-refractivity contribution in [2.45, 2.75) is 11.8 Å². The predicted molar refractivity (Wildman–Crippen MR) is 91.1 cm³/mol. The van der Waals surface area contributed by atoms with E-state index in [0.717, 1.165) is 0 Å². The monoisotopic (exact) mass is 370 g/mol. The van der Waals surface area contributed by atoms with Crippen LogP contribution in [0, 0.1) is 5.82 Å². The van der Waals surface area contributed by atoms with E-state index in [1.165, 1.54) is 48.2 Å². The molecule has 2 rings (SSSR count). The lowest BCUT2D eigenvalue weighted by atomic mass is 10.2. The van der Waals surface area contributed by atoms with Gasteiger partial charge in [0, 0.05) is 25.0 Å². The van der Waals surface area contributed by atoms with Crippen molar-refractivity contribution in [3.8, 4) is 0 Å². The van der Waals surface area contributed by atoms with Gasteiger partial charge in [0.2, 0.25) is 15.9 Å². The number of anilines is 1. The minimum atomic E-state index is -3.76. The molecule has 0 aliphatic rings. The van der Waals surface area contributed by atoms with E-state index in [0.29, 0.717) is 5.02 Å². The zero-order chi connectivity index (χ0) is 17.7. The fraction of sp³-hybridized carbons (Fsp3) is 0.188. The highest BCUT2D eigenvalue weighted by atomic mass is 35.5. The first kappa shape index (κ1) is 18.4. The number of carbonyl (C=O) groups excluding carboxylic acids is 1. The van der Waals surface area contributed by atoms with E-state index < -0.39 is 15.8 Å². The maximum Gasteiger partial charge on any atom is 0.240 e. The molecule has 0 fully saturated rings. The predicted octanol–water partition coefficient (Wildman–Crippen LogP) is 2.81. The first-order chi connectivity index (χ1) is 11.3. The number of sulfonamides is 1. The number of para-hydroxylation sites is 1. The van der Waals surface area contributed by atoms with Crippen LogP contribution in [0.5, 0.6) is 0 Å². The molecule has 0 spiro atoms. The van der Waals surface area contributed by atoms with E-state index in [1.54, 1.807) is 12.1 Å². The quantitative estimate of drug-likeness (QED) is 0.850. The van der Waals surface area contributed by atoms with Crippen molar-refractivity contribution in [2.75, 3.05) is 18.0 Å². The molecule has 0 saturated carbocycles. The van der Waals surface area contributed by atoms with Crippen LogP contribution in [0.3, 0.4) is 0 Å². The summed E-state index contributed by atoms with van der Waals surface area (Å²) in [6.45, 7) is 1.22. The summed E-state index contributed by atoms with van der Waals surface area (Å²) < 4.78 is 40.6. The lowest BCUT2D eigenvalue weighted by Gasteiger charge is -2.21. The average Bonchev–Trinajstić information content (AvgIpc) is 2.52. The number of amides is 1. The summed E-state index contributed by atoms with van der Waals surface area (Å²) in [5.41, 5.74) is 0.104. The van der Waals surface area contributed by atoms with Crippen molar-refractivity contribution >= 4 is 33.2 Å². The van der Waals surface area contributed by atoms with Crippen LogP contribution in [0.4, 0.5) is 10.1 Å². The third-order valence-corrected chi connectivity index (χ3v) is 4.95. The molecule has 0 aromatic heterocycles.